The molecule has 122 valence electrons. The van der Waals surface area contributed by atoms with E-state index in [0.29, 0.717) is 42.4 Å². The van der Waals surface area contributed by atoms with Crippen molar-refractivity contribution < 1.29 is 23.8 Å². The normalized spacial score (nSPS) is 17.8. The average molecular weight is 318 g/mol. The standard InChI is InChI=1S/C16H18N2O5/c1-3-5-18-15(19)11(17-16(18)20)6-10-7-13-14(23-9-22-13)8-12(10)21-4-2/h6-8H,3-5,9H2,1-2H3,(H,17,20)/b11-6+. The van der Waals surface area contributed by atoms with Crippen LogP contribution in [0.15, 0.2) is 17.8 Å². The van der Waals surface area contributed by atoms with E-state index in [9.17, 15) is 9.59 Å². The number of fused-ring (bicyclic) bond motifs is 1. The molecule has 0 saturated carbocycles. The van der Waals surface area contributed by atoms with Crippen molar-refractivity contribution in [3.05, 3.63) is 23.4 Å². The van der Waals surface area contributed by atoms with Gasteiger partial charge in [0.1, 0.15) is 11.4 Å². The Morgan fingerprint density at radius 1 is 1.26 bits per heavy atom. The molecular weight excluding hydrogens is 300 g/mol. The minimum atomic E-state index is -0.401. The predicted molar refractivity (Wildman–Crippen MR) is 82.2 cm³/mol. The average Bonchev–Trinajstić information content (AvgIpc) is 3.08. The summed E-state index contributed by atoms with van der Waals surface area (Å²) in [5.41, 5.74) is 0.876. The number of imide groups is 1. The molecule has 0 spiro atoms. The third-order valence-electron chi connectivity index (χ3n) is 3.51. The molecule has 0 aliphatic carbocycles. The number of hydrogen-bond acceptors (Lipinski definition) is 5. The van der Waals surface area contributed by atoms with Crippen LogP contribution in [0.1, 0.15) is 25.8 Å². The number of ether oxygens (including phenoxy) is 3. The Kier molecular flexibility index (Phi) is 4.10. The summed E-state index contributed by atoms with van der Waals surface area (Å²) in [7, 11) is 0. The van der Waals surface area contributed by atoms with Crippen molar-refractivity contribution >= 4 is 18.0 Å². The summed E-state index contributed by atoms with van der Waals surface area (Å²) in [6.07, 6.45) is 2.31. The van der Waals surface area contributed by atoms with Crippen LogP contribution in [0.4, 0.5) is 4.79 Å². The van der Waals surface area contributed by atoms with E-state index in [4.69, 9.17) is 14.2 Å². The molecule has 1 saturated heterocycles. The topological polar surface area (TPSA) is 77.1 Å². The number of benzene rings is 1. The Balaban J connectivity index is 1.95. The second-order valence-electron chi connectivity index (χ2n) is 5.12. The van der Waals surface area contributed by atoms with Crippen molar-refractivity contribution in [3.8, 4) is 17.2 Å². The Hall–Kier alpha value is -2.70. The minimum absolute atomic E-state index is 0.154. The predicted octanol–water partition coefficient (Wildman–Crippen LogP) is 2.12. The van der Waals surface area contributed by atoms with E-state index in [1.807, 2.05) is 13.8 Å². The van der Waals surface area contributed by atoms with Crippen LogP contribution in [0.3, 0.4) is 0 Å². The summed E-state index contributed by atoms with van der Waals surface area (Å²) < 4.78 is 16.3. The van der Waals surface area contributed by atoms with Gasteiger partial charge in [0.05, 0.1) is 6.61 Å². The number of nitrogens with one attached hydrogen (secondary N) is 1. The SMILES string of the molecule is CCCN1C(=O)N/C(=C/c2cc3c(cc2OCC)OCO3)C1=O. The zero-order valence-corrected chi connectivity index (χ0v) is 13.0. The lowest BCUT2D eigenvalue weighted by molar-refractivity contribution is -0.122. The molecule has 0 unspecified atom stereocenters. The molecule has 1 aromatic rings. The van der Waals surface area contributed by atoms with Gasteiger partial charge in [0.2, 0.25) is 6.79 Å². The van der Waals surface area contributed by atoms with Gasteiger partial charge in [-0.15, -0.1) is 0 Å². The monoisotopic (exact) mass is 318 g/mol. The molecule has 0 aromatic heterocycles. The highest BCUT2D eigenvalue weighted by Crippen LogP contribution is 2.39. The van der Waals surface area contributed by atoms with Gasteiger partial charge in [-0.05, 0) is 25.5 Å². The van der Waals surface area contributed by atoms with Gasteiger partial charge in [0, 0.05) is 18.2 Å². The quantitative estimate of drug-likeness (QED) is 0.664. The van der Waals surface area contributed by atoms with Gasteiger partial charge >= 0.3 is 6.03 Å². The molecule has 0 radical (unpaired) electrons. The minimum Gasteiger partial charge on any atom is -0.493 e. The molecule has 3 amide bonds. The Bertz CT molecular complexity index is 683. The summed E-state index contributed by atoms with van der Waals surface area (Å²) >= 11 is 0. The highest BCUT2D eigenvalue weighted by Gasteiger charge is 2.33. The van der Waals surface area contributed by atoms with Crippen LogP contribution < -0.4 is 19.5 Å². The zero-order valence-electron chi connectivity index (χ0n) is 13.0. The third kappa shape index (κ3) is 2.81. The van der Waals surface area contributed by atoms with Crippen LogP contribution in [0.5, 0.6) is 17.2 Å². The summed E-state index contributed by atoms with van der Waals surface area (Å²) in [5.74, 6) is 1.42. The zero-order chi connectivity index (χ0) is 16.4. The molecule has 2 heterocycles. The van der Waals surface area contributed by atoms with Crippen LogP contribution in [0.25, 0.3) is 6.08 Å². The first kappa shape index (κ1) is 15.2. The highest BCUT2D eigenvalue weighted by atomic mass is 16.7. The highest BCUT2D eigenvalue weighted by molar-refractivity contribution is 6.14. The van der Waals surface area contributed by atoms with E-state index >= 15 is 0 Å². The molecule has 3 rings (SSSR count). The summed E-state index contributed by atoms with van der Waals surface area (Å²) in [5, 5.41) is 2.60. The van der Waals surface area contributed by atoms with Gasteiger partial charge in [-0.2, -0.15) is 0 Å². The fourth-order valence-corrected chi connectivity index (χ4v) is 2.49. The lowest BCUT2D eigenvalue weighted by Gasteiger charge is -2.10. The van der Waals surface area contributed by atoms with Crippen LogP contribution in [-0.4, -0.2) is 36.8 Å². The van der Waals surface area contributed by atoms with Crippen molar-refractivity contribution in [2.75, 3.05) is 19.9 Å². The van der Waals surface area contributed by atoms with Crippen molar-refractivity contribution in [2.45, 2.75) is 20.3 Å². The maximum atomic E-state index is 12.3. The molecule has 1 N–H and O–H groups in total. The molecule has 1 aromatic carbocycles. The van der Waals surface area contributed by atoms with Crippen LogP contribution in [0, 0.1) is 0 Å². The maximum absolute atomic E-state index is 12.3. The molecule has 23 heavy (non-hydrogen) atoms. The number of hydrogen-bond donors (Lipinski definition) is 1. The van der Waals surface area contributed by atoms with E-state index in [1.165, 1.54) is 4.90 Å². The van der Waals surface area contributed by atoms with Gasteiger partial charge in [-0.1, -0.05) is 6.92 Å². The Morgan fingerprint density at radius 3 is 2.70 bits per heavy atom. The van der Waals surface area contributed by atoms with E-state index < -0.39 is 6.03 Å². The van der Waals surface area contributed by atoms with Crippen molar-refractivity contribution in [1.29, 1.82) is 0 Å². The second kappa shape index (κ2) is 6.20. The summed E-state index contributed by atoms with van der Waals surface area (Å²) in [6.45, 7) is 4.79. The lowest BCUT2D eigenvalue weighted by atomic mass is 10.1. The van der Waals surface area contributed by atoms with Gasteiger partial charge in [-0.3, -0.25) is 9.69 Å². The molecule has 7 nitrogen and oxygen atoms in total. The van der Waals surface area contributed by atoms with Crippen molar-refractivity contribution in [2.24, 2.45) is 0 Å². The third-order valence-corrected chi connectivity index (χ3v) is 3.51. The molecular formula is C16H18N2O5. The molecule has 2 aliphatic rings. The fourth-order valence-electron chi connectivity index (χ4n) is 2.49. The number of rotatable bonds is 5. The molecule has 0 atom stereocenters. The maximum Gasteiger partial charge on any atom is 0.329 e. The Labute approximate surface area is 133 Å². The fraction of sp³-hybridized carbons (Fsp3) is 0.375. The number of amides is 3. The van der Waals surface area contributed by atoms with Gasteiger partial charge in [0.25, 0.3) is 5.91 Å². The van der Waals surface area contributed by atoms with Crippen LogP contribution >= 0.6 is 0 Å². The largest absolute Gasteiger partial charge is 0.493 e. The smallest absolute Gasteiger partial charge is 0.329 e. The Morgan fingerprint density at radius 2 is 2.00 bits per heavy atom. The van der Waals surface area contributed by atoms with Gasteiger partial charge in [-0.25, -0.2) is 4.79 Å². The molecule has 7 heteroatoms. The first-order chi connectivity index (χ1) is 11.1. The molecule has 2 aliphatic heterocycles. The first-order valence-electron chi connectivity index (χ1n) is 7.55. The van der Waals surface area contributed by atoms with Gasteiger partial charge in [0.15, 0.2) is 11.5 Å². The number of carbonyl (C=O) groups excluding carboxylic acids is 2. The first-order valence-corrected chi connectivity index (χ1v) is 7.55. The van der Waals surface area contributed by atoms with Crippen LogP contribution in [-0.2, 0) is 4.79 Å². The van der Waals surface area contributed by atoms with Crippen molar-refractivity contribution in [3.63, 3.8) is 0 Å². The van der Waals surface area contributed by atoms with Crippen molar-refractivity contribution in [1.82, 2.24) is 10.2 Å². The lowest BCUT2D eigenvalue weighted by Crippen LogP contribution is -2.31. The number of carbonyl (C=O) groups is 2. The molecule has 0 bridgehead atoms. The van der Waals surface area contributed by atoms with E-state index in [0.717, 1.165) is 0 Å². The summed E-state index contributed by atoms with van der Waals surface area (Å²) in [4.78, 5) is 25.3. The van der Waals surface area contributed by atoms with E-state index in [1.54, 1.807) is 18.2 Å². The molecule has 1 fully saturated rings. The number of urea groups is 1. The summed E-state index contributed by atoms with van der Waals surface area (Å²) in [6, 6.07) is 3.06. The van der Waals surface area contributed by atoms with E-state index in [-0.39, 0.29) is 18.4 Å². The van der Waals surface area contributed by atoms with E-state index in [2.05, 4.69) is 5.32 Å². The van der Waals surface area contributed by atoms with Crippen LogP contribution in [0.2, 0.25) is 0 Å². The van der Waals surface area contributed by atoms with Gasteiger partial charge < -0.3 is 19.5 Å². The second-order valence-corrected chi connectivity index (χ2v) is 5.12. The number of nitrogens with zero attached hydrogens (tertiary/aromatic N) is 1.